The van der Waals surface area contributed by atoms with Crippen molar-refractivity contribution in [2.24, 2.45) is 0 Å². The number of tetrazole rings is 1. The van der Waals surface area contributed by atoms with E-state index in [-0.39, 0.29) is 0 Å². The van der Waals surface area contributed by atoms with Gasteiger partial charge in [-0.25, -0.2) is 0 Å². The minimum absolute atomic E-state index is 0.397. The summed E-state index contributed by atoms with van der Waals surface area (Å²) in [6.45, 7) is 2.79. The fourth-order valence-corrected chi connectivity index (χ4v) is 3.27. The third-order valence-electron chi connectivity index (χ3n) is 4.88. The summed E-state index contributed by atoms with van der Waals surface area (Å²) in [6.07, 6.45) is 2.58. The van der Waals surface area contributed by atoms with E-state index in [9.17, 15) is 0 Å². The Morgan fingerprint density at radius 1 is 0.938 bits per heavy atom. The summed E-state index contributed by atoms with van der Waals surface area (Å²) < 4.78 is 5.80. The van der Waals surface area contributed by atoms with Gasteiger partial charge in [0.1, 0.15) is 19.0 Å². The van der Waals surface area contributed by atoms with Crippen molar-refractivity contribution < 1.29 is 9.57 Å². The van der Waals surface area contributed by atoms with Crippen molar-refractivity contribution in [3.63, 3.8) is 0 Å². The minimum atomic E-state index is 0.397. The van der Waals surface area contributed by atoms with Crippen LogP contribution in [0.15, 0.2) is 84.9 Å². The number of aromatic amines is 1. The van der Waals surface area contributed by atoms with E-state index in [1.807, 2.05) is 55.5 Å². The second-order valence-corrected chi connectivity index (χ2v) is 7.10. The number of aromatic nitrogens is 4. The highest BCUT2D eigenvalue weighted by atomic mass is 16.7. The molecule has 2 N–H and O–H groups in total. The number of hydrogen-bond donors (Lipinski definition) is 2. The third kappa shape index (κ3) is 5.80. The number of allylic oxidation sites excluding steroid dienone is 1. The van der Waals surface area contributed by atoms with Gasteiger partial charge in [-0.1, -0.05) is 78.0 Å². The quantitative estimate of drug-likeness (QED) is 0.288. The van der Waals surface area contributed by atoms with Crippen molar-refractivity contribution in [2.45, 2.75) is 13.3 Å². The lowest BCUT2D eigenvalue weighted by Crippen LogP contribution is -2.17. The molecule has 0 fully saturated rings. The maximum atomic E-state index is 5.80. The summed E-state index contributed by atoms with van der Waals surface area (Å²) in [7, 11) is 0. The summed E-state index contributed by atoms with van der Waals surface area (Å²) in [5, 5.41) is 14.0. The van der Waals surface area contributed by atoms with Crippen LogP contribution in [-0.4, -0.2) is 33.8 Å². The van der Waals surface area contributed by atoms with Crippen LogP contribution < -0.4 is 10.2 Å². The smallest absolute Gasteiger partial charge is 0.178 e. The fourth-order valence-electron chi connectivity index (χ4n) is 3.27. The lowest BCUT2D eigenvalue weighted by molar-refractivity contribution is 0.0539. The van der Waals surface area contributed by atoms with Crippen LogP contribution in [-0.2, 0) is 11.3 Å². The van der Waals surface area contributed by atoms with Gasteiger partial charge in [0.05, 0.1) is 5.70 Å². The van der Waals surface area contributed by atoms with Crippen LogP contribution in [0.1, 0.15) is 23.9 Å². The van der Waals surface area contributed by atoms with Crippen LogP contribution >= 0.6 is 0 Å². The summed E-state index contributed by atoms with van der Waals surface area (Å²) in [6, 6.07) is 26.5. The van der Waals surface area contributed by atoms with Crippen molar-refractivity contribution in [3.8, 4) is 16.9 Å². The van der Waals surface area contributed by atoms with E-state index < -0.39 is 0 Å². The summed E-state index contributed by atoms with van der Waals surface area (Å²) in [5.74, 6) is 1.42. The Morgan fingerprint density at radius 2 is 1.75 bits per heavy atom. The van der Waals surface area contributed by atoms with Crippen molar-refractivity contribution in [1.29, 1.82) is 0 Å². The molecule has 3 aromatic carbocycles. The number of ether oxygens (including phenoxy) is 1. The Hall–Kier alpha value is -3.97. The first kappa shape index (κ1) is 21.3. The molecule has 1 aromatic heterocycles. The molecule has 0 aliphatic heterocycles. The normalized spacial score (nSPS) is 11.3. The standard InChI is InChI=1S/C25H25N5O2/c1-2-24(22-13-11-21(12-14-22)20-8-4-3-5-9-20)28-32-16-15-31-23-10-6-7-19(17-23)18-25-26-29-30-27-25/h2-14,17,28H,15-16,18H2,1H3,(H,26,27,29,30). The Bertz CT molecular complexity index is 1130. The Balaban J connectivity index is 1.23. The summed E-state index contributed by atoms with van der Waals surface area (Å²) in [4.78, 5) is 5.62. The first-order valence-electron chi connectivity index (χ1n) is 10.5. The molecule has 0 amide bonds. The van der Waals surface area contributed by atoms with E-state index >= 15 is 0 Å². The van der Waals surface area contributed by atoms with Gasteiger partial charge in [0, 0.05) is 6.42 Å². The molecule has 0 saturated heterocycles. The van der Waals surface area contributed by atoms with Gasteiger partial charge in [0.2, 0.25) is 0 Å². The Morgan fingerprint density at radius 3 is 2.50 bits per heavy atom. The van der Waals surface area contributed by atoms with Crippen LogP contribution in [0.3, 0.4) is 0 Å². The number of nitrogens with zero attached hydrogens (tertiary/aromatic N) is 3. The lowest BCUT2D eigenvalue weighted by atomic mass is 10.0. The van der Waals surface area contributed by atoms with E-state index in [2.05, 4.69) is 62.5 Å². The average molecular weight is 428 g/mol. The van der Waals surface area contributed by atoms with E-state index in [4.69, 9.17) is 9.57 Å². The second kappa shape index (κ2) is 10.9. The molecule has 7 heteroatoms. The maximum absolute atomic E-state index is 5.80. The van der Waals surface area contributed by atoms with Crippen molar-refractivity contribution >= 4 is 5.70 Å². The molecule has 0 unspecified atom stereocenters. The van der Waals surface area contributed by atoms with E-state index in [1.54, 1.807) is 0 Å². The molecule has 0 aliphatic carbocycles. The van der Waals surface area contributed by atoms with Crippen LogP contribution in [0.2, 0.25) is 0 Å². The zero-order valence-electron chi connectivity index (χ0n) is 17.9. The lowest BCUT2D eigenvalue weighted by Gasteiger charge is -2.13. The molecule has 0 saturated carbocycles. The van der Waals surface area contributed by atoms with Crippen molar-refractivity contribution in [1.82, 2.24) is 26.1 Å². The highest BCUT2D eigenvalue weighted by Gasteiger charge is 2.04. The molecule has 0 spiro atoms. The van der Waals surface area contributed by atoms with Gasteiger partial charge in [-0.3, -0.25) is 10.3 Å². The molecule has 1 heterocycles. The van der Waals surface area contributed by atoms with E-state index in [1.165, 1.54) is 11.1 Å². The monoisotopic (exact) mass is 427 g/mol. The topological polar surface area (TPSA) is 85.0 Å². The predicted molar refractivity (Wildman–Crippen MR) is 124 cm³/mol. The van der Waals surface area contributed by atoms with Crippen LogP contribution in [0, 0.1) is 0 Å². The number of H-pyrrole nitrogens is 1. The van der Waals surface area contributed by atoms with Gasteiger partial charge >= 0.3 is 0 Å². The van der Waals surface area contributed by atoms with E-state index in [0.29, 0.717) is 25.5 Å². The van der Waals surface area contributed by atoms with Gasteiger partial charge in [-0.15, -0.1) is 10.2 Å². The molecule has 0 radical (unpaired) electrons. The predicted octanol–water partition coefficient (Wildman–Crippen LogP) is 4.42. The minimum Gasteiger partial charge on any atom is -0.491 e. The second-order valence-electron chi connectivity index (χ2n) is 7.10. The Labute approximate surface area is 187 Å². The molecule has 32 heavy (non-hydrogen) atoms. The first-order valence-corrected chi connectivity index (χ1v) is 10.5. The van der Waals surface area contributed by atoms with Crippen LogP contribution in [0.25, 0.3) is 16.8 Å². The number of hydrogen-bond acceptors (Lipinski definition) is 6. The van der Waals surface area contributed by atoms with Gasteiger partial charge in [-0.2, -0.15) is 5.21 Å². The molecule has 4 aromatic rings. The van der Waals surface area contributed by atoms with E-state index in [0.717, 1.165) is 22.6 Å². The number of rotatable bonds is 10. The number of hydroxylamine groups is 1. The zero-order chi connectivity index (χ0) is 22.0. The maximum Gasteiger partial charge on any atom is 0.178 e. The summed E-state index contributed by atoms with van der Waals surface area (Å²) >= 11 is 0. The molecule has 0 bridgehead atoms. The fraction of sp³-hybridized carbons (Fsp3) is 0.160. The van der Waals surface area contributed by atoms with Gasteiger partial charge in [-0.05, 0) is 41.3 Å². The Kier molecular flexibility index (Phi) is 7.23. The van der Waals surface area contributed by atoms with Crippen molar-refractivity contribution in [3.05, 3.63) is 102 Å². The average Bonchev–Trinajstić information content (AvgIpc) is 3.35. The number of benzene rings is 3. The molecular weight excluding hydrogens is 402 g/mol. The molecule has 7 nitrogen and oxygen atoms in total. The zero-order valence-corrected chi connectivity index (χ0v) is 17.9. The molecule has 0 aliphatic rings. The van der Waals surface area contributed by atoms with Crippen molar-refractivity contribution in [2.75, 3.05) is 13.2 Å². The first-order chi connectivity index (χ1) is 15.8. The number of nitrogens with one attached hydrogen (secondary N) is 2. The van der Waals surface area contributed by atoms with Gasteiger partial charge < -0.3 is 4.74 Å². The largest absolute Gasteiger partial charge is 0.491 e. The van der Waals surface area contributed by atoms with Crippen LogP contribution in [0.5, 0.6) is 5.75 Å². The SMILES string of the molecule is CC=C(NOCCOc1cccc(Cc2nn[nH]n2)c1)c1ccc(-c2ccccc2)cc1. The molecule has 4 rings (SSSR count). The summed E-state index contributed by atoms with van der Waals surface area (Å²) in [5.41, 5.74) is 8.43. The van der Waals surface area contributed by atoms with Crippen LogP contribution in [0.4, 0.5) is 0 Å². The molecule has 162 valence electrons. The highest BCUT2D eigenvalue weighted by molar-refractivity contribution is 5.69. The van der Waals surface area contributed by atoms with Gasteiger partial charge in [0.25, 0.3) is 0 Å². The van der Waals surface area contributed by atoms with Gasteiger partial charge in [0.15, 0.2) is 5.82 Å². The molecular formula is C25H25N5O2. The molecule has 0 atom stereocenters. The highest BCUT2D eigenvalue weighted by Crippen LogP contribution is 2.21. The third-order valence-corrected chi connectivity index (χ3v) is 4.88.